The summed E-state index contributed by atoms with van der Waals surface area (Å²) in [5.74, 6) is -3.12. The van der Waals surface area contributed by atoms with Gasteiger partial charge < -0.3 is 29.7 Å². The maximum Gasteiger partial charge on any atom is 0.410 e. The first-order chi connectivity index (χ1) is 23.5. The van der Waals surface area contributed by atoms with Crippen LogP contribution in [0.5, 0.6) is 0 Å². The van der Waals surface area contributed by atoms with Crippen molar-refractivity contribution >= 4 is 39.5 Å². The Labute approximate surface area is 283 Å². The van der Waals surface area contributed by atoms with Crippen LogP contribution in [0.4, 0.5) is 14.9 Å². The highest BCUT2D eigenvalue weighted by Crippen LogP contribution is 2.45. The van der Waals surface area contributed by atoms with Gasteiger partial charge in [-0.2, -0.15) is 0 Å². The van der Waals surface area contributed by atoms with Gasteiger partial charge in [-0.1, -0.05) is 30.3 Å². The minimum Gasteiger partial charge on any atom is -0.444 e. The van der Waals surface area contributed by atoms with Gasteiger partial charge in [-0.05, 0) is 30.2 Å². The average molecular weight is 700 g/mol. The molecule has 49 heavy (non-hydrogen) atoms. The minimum atomic E-state index is -4.40. The molecule has 4 atom stereocenters. The number of sulfonamides is 1. The number of para-hydroxylation sites is 1. The molecular weight excluding hydrogens is 661 g/mol. The monoisotopic (exact) mass is 699 g/mol. The highest BCUT2D eigenvalue weighted by molar-refractivity contribution is 7.90. The lowest BCUT2D eigenvalue weighted by atomic mass is 10.1. The average Bonchev–Trinajstić information content (AvgIpc) is 3.37. The van der Waals surface area contributed by atoms with Crippen molar-refractivity contribution in [3.63, 3.8) is 0 Å². The Morgan fingerprint density at radius 3 is 2.57 bits per heavy atom. The summed E-state index contributed by atoms with van der Waals surface area (Å²) >= 11 is 0. The lowest BCUT2D eigenvalue weighted by Gasteiger charge is -2.26. The predicted octanol–water partition coefficient (Wildman–Crippen LogP) is 1.66. The van der Waals surface area contributed by atoms with Crippen molar-refractivity contribution in [2.24, 2.45) is 5.92 Å². The number of amides is 4. The van der Waals surface area contributed by atoms with Gasteiger partial charge in [0.25, 0.3) is 15.9 Å². The first-order valence-electron chi connectivity index (χ1n) is 16.0. The van der Waals surface area contributed by atoms with E-state index in [1.165, 1.54) is 34.1 Å². The van der Waals surface area contributed by atoms with Crippen molar-refractivity contribution in [3.05, 3.63) is 72.1 Å². The van der Waals surface area contributed by atoms with Crippen molar-refractivity contribution in [2.45, 2.75) is 54.9 Å². The van der Waals surface area contributed by atoms with Crippen LogP contribution in [0.3, 0.4) is 0 Å². The Morgan fingerprint density at radius 2 is 1.82 bits per heavy atom. The number of fused-ring (bicyclic) bond motifs is 3. The molecule has 1 spiro atoms. The number of ether oxygens (including phenoxy) is 3. The second kappa shape index (κ2) is 14.1. The molecule has 2 aromatic carbocycles. The summed E-state index contributed by atoms with van der Waals surface area (Å²) < 4.78 is 60.2. The third-order valence-electron chi connectivity index (χ3n) is 9.19. The molecule has 0 radical (unpaired) electrons. The lowest BCUT2D eigenvalue weighted by Crippen LogP contribution is -2.56. The van der Waals surface area contributed by atoms with Crippen LogP contribution in [0.15, 0.2) is 60.0 Å². The molecule has 1 saturated heterocycles. The van der Waals surface area contributed by atoms with Gasteiger partial charge >= 0.3 is 6.09 Å². The van der Waals surface area contributed by atoms with Gasteiger partial charge in [0, 0.05) is 31.0 Å². The van der Waals surface area contributed by atoms with E-state index in [0.29, 0.717) is 11.1 Å². The third kappa shape index (κ3) is 7.26. The fourth-order valence-corrected chi connectivity index (χ4v) is 7.69. The van der Waals surface area contributed by atoms with Crippen LogP contribution in [-0.2, 0) is 51.7 Å². The Morgan fingerprint density at radius 1 is 1.04 bits per heavy atom. The van der Waals surface area contributed by atoms with Gasteiger partial charge in [0.2, 0.25) is 11.8 Å². The molecule has 3 heterocycles. The number of hydrogen-bond acceptors (Lipinski definition) is 10. The summed E-state index contributed by atoms with van der Waals surface area (Å²) in [4.78, 5) is 56.6. The van der Waals surface area contributed by atoms with E-state index in [2.05, 4.69) is 21.9 Å². The molecular formula is C33H38FN5O9S. The number of anilines is 1. The van der Waals surface area contributed by atoms with Crippen molar-refractivity contribution < 1.29 is 46.2 Å². The van der Waals surface area contributed by atoms with Gasteiger partial charge in [-0.3, -0.25) is 19.3 Å². The molecule has 1 aliphatic carbocycles. The highest BCUT2D eigenvalue weighted by atomic mass is 32.2. The number of halogens is 1. The number of carbonyl (C=O) groups is 4. The second-order valence-corrected chi connectivity index (χ2v) is 14.0. The number of carbonyl (C=O) groups excluding carboxylic acids is 4. The van der Waals surface area contributed by atoms with Crippen molar-refractivity contribution in [2.75, 3.05) is 44.8 Å². The number of nitrogens with zero attached hydrogens (tertiary/aromatic N) is 2. The normalized spacial score (nSPS) is 27.5. The maximum absolute atomic E-state index is 14.3. The number of benzene rings is 2. The Kier molecular flexibility index (Phi) is 9.90. The summed E-state index contributed by atoms with van der Waals surface area (Å²) in [5.41, 5.74) is -0.315. The summed E-state index contributed by atoms with van der Waals surface area (Å²) in [6, 6.07) is 9.54. The van der Waals surface area contributed by atoms with E-state index in [1.54, 1.807) is 24.3 Å². The van der Waals surface area contributed by atoms with Crippen LogP contribution in [0.2, 0.25) is 0 Å². The molecule has 0 unspecified atom stereocenters. The van der Waals surface area contributed by atoms with Gasteiger partial charge in [0.05, 0.1) is 51.6 Å². The van der Waals surface area contributed by atoms with Crippen molar-refractivity contribution in [1.29, 1.82) is 0 Å². The molecule has 3 N–H and O–H groups in total. The van der Waals surface area contributed by atoms with E-state index >= 15 is 0 Å². The molecule has 0 aromatic heterocycles. The molecule has 0 bridgehead atoms. The summed E-state index contributed by atoms with van der Waals surface area (Å²) in [5, 5.41) is 5.71. The number of hydrogen-bond donors (Lipinski definition) is 3. The number of nitrogens with one attached hydrogen (secondary N) is 3. The minimum absolute atomic E-state index is 0.0190. The molecule has 16 heteroatoms. The van der Waals surface area contributed by atoms with Gasteiger partial charge in [-0.15, -0.1) is 6.58 Å². The van der Waals surface area contributed by atoms with E-state index in [9.17, 15) is 32.0 Å². The van der Waals surface area contributed by atoms with Crippen LogP contribution in [-0.4, -0.2) is 99.2 Å². The smallest absolute Gasteiger partial charge is 0.410 e. The molecule has 262 valence electrons. The predicted molar refractivity (Wildman–Crippen MR) is 172 cm³/mol. The largest absolute Gasteiger partial charge is 0.444 e. The quantitative estimate of drug-likeness (QED) is 0.392. The Hall–Kier alpha value is -4.54. The van der Waals surface area contributed by atoms with E-state index in [1.807, 2.05) is 0 Å². The fourth-order valence-electron chi connectivity index (χ4n) is 6.47. The Balaban J connectivity index is 1.21. The standard InChI is InChI=1S/C33H38FN5O9S/c1-2-22-17-33(22)31(42)37-49(44,45)28-9-4-3-8-26(28)35-11-13-47-15-14-46-12-10-29(40)39-19-23(16-27(39)30(41)36-33)48-32(43)38-18-21-6-5-7-25(34)24(21)20-38/h2-9,22-23,27,35H,1,10-20H2,(H,36,41)(H,37,42)/t22-,23-,27+,33-/m1/s1. The van der Waals surface area contributed by atoms with E-state index < -0.39 is 63.3 Å². The zero-order valence-corrected chi connectivity index (χ0v) is 27.5. The van der Waals surface area contributed by atoms with Crippen molar-refractivity contribution in [1.82, 2.24) is 19.8 Å². The molecule has 14 nitrogen and oxygen atoms in total. The van der Waals surface area contributed by atoms with Gasteiger partial charge in [0.1, 0.15) is 28.4 Å². The lowest BCUT2D eigenvalue weighted by molar-refractivity contribution is -0.140. The molecule has 1 saturated carbocycles. The molecule has 2 fully saturated rings. The summed E-state index contributed by atoms with van der Waals surface area (Å²) in [7, 11) is -4.40. The second-order valence-electron chi connectivity index (χ2n) is 12.4. The van der Waals surface area contributed by atoms with Crippen LogP contribution >= 0.6 is 0 Å². The van der Waals surface area contributed by atoms with Crippen LogP contribution in [0.1, 0.15) is 30.4 Å². The van der Waals surface area contributed by atoms with Gasteiger partial charge in [-0.25, -0.2) is 22.3 Å². The first-order valence-corrected chi connectivity index (χ1v) is 17.5. The topological polar surface area (TPSA) is 173 Å². The zero-order valence-electron chi connectivity index (χ0n) is 26.7. The summed E-state index contributed by atoms with van der Waals surface area (Å²) in [6.45, 7) is 4.74. The molecule has 4 aliphatic rings. The van der Waals surface area contributed by atoms with E-state index in [-0.39, 0.29) is 82.5 Å². The first kappa shape index (κ1) is 34.3. The van der Waals surface area contributed by atoms with Gasteiger partial charge in [0.15, 0.2) is 0 Å². The summed E-state index contributed by atoms with van der Waals surface area (Å²) in [6.07, 6.45) is -0.236. The fraction of sp³-hybridized carbons (Fsp3) is 0.455. The molecule has 4 amide bonds. The van der Waals surface area contributed by atoms with Crippen LogP contribution < -0.4 is 15.4 Å². The maximum atomic E-state index is 14.3. The van der Waals surface area contributed by atoms with Crippen LogP contribution in [0.25, 0.3) is 0 Å². The molecule has 2 aromatic rings. The molecule has 6 rings (SSSR count). The number of rotatable bonds is 2. The van der Waals surface area contributed by atoms with E-state index in [4.69, 9.17) is 14.2 Å². The SMILES string of the molecule is C=C[C@@H]1C[C@@]12NC(=O)[C@@H]1C[C@@H](OC(=O)N3Cc4cccc(F)c4C3)CN1C(=O)CCOCCOCCNc1ccccc1S(=O)(=O)NC2=O. The van der Waals surface area contributed by atoms with E-state index in [0.717, 1.165) is 0 Å². The Bertz CT molecular complexity index is 1760. The van der Waals surface area contributed by atoms with Crippen molar-refractivity contribution in [3.8, 4) is 0 Å². The van der Waals surface area contributed by atoms with Crippen LogP contribution in [0, 0.1) is 11.7 Å². The molecule has 3 aliphatic heterocycles. The zero-order chi connectivity index (χ0) is 34.8. The highest BCUT2D eigenvalue weighted by Gasteiger charge is 2.61. The third-order valence-corrected chi connectivity index (χ3v) is 10.6.